The molecule has 106 valence electrons. The predicted octanol–water partition coefficient (Wildman–Crippen LogP) is 4.85. The highest BCUT2D eigenvalue weighted by molar-refractivity contribution is 6.30. The van der Waals surface area contributed by atoms with Gasteiger partial charge >= 0.3 is 0 Å². The lowest BCUT2D eigenvalue weighted by Crippen LogP contribution is -2.10. The van der Waals surface area contributed by atoms with E-state index < -0.39 is 0 Å². The number of hydrogen-bond donors (Lipinski definition) is 1. The van der Waals surface area contributed by atoms with Crippen LogP contribution in [0.25, 0.3) is 0 Å². The van der Waals surface area contributed by atoms with Crippen LogP contribution in [0.15, 0.2) is 48.5 Å². The van der Waals surface area contributed by atoms with Crippen LogP contribution >= 0.6 is 11.6 Å². The first-order valence-electron chi connectivity index (χ1n) is 6.87. The average Bonchev–Trinajstić information content (AvgIpc) is 2.48. The van der Waals surface area contributed by atoms with Crippen molar-refractivity contribution in [3.63, 3.8) is 0 Å². The van der Waals surface area contributed by atoms with Crippen molar-refractivity contribution < 1.29 is 4.74 Å². The number of nitrogens with one attached hydrogen (secondary N) is 1. The van der Waals surface area contributed by atoms with E-state index in [-0.39, 0.29) is 0 Å². The molecule has 0 fully saturated rings. The monoisotopic (exact) mass is 289 g/mol. The van der Waals surface area contributed by atoms with Gasteiger partial charge in [0.15, 0.2) is 0 Å². The van der Waals surface area contributed by atoms with Crippen molar-refractivity contribution in [3.8, 4) is 11.5 Å². The van der Waals surface area contributed by atoms with Gasteiger partial charge in [-0.15, -0.1) is 0 Å². The van der Waals surface area contributed by atoms with Gasteiger partial charge in [0, 0.05) is 5.02 Å². The summed E-state index contributed by atoms with van der Waals surface area (Å²) >= 11 is 5.85. The van der Waals surface area contributed by atoms with Crippen LogP contribution in [-0.4, -0.2) is 13.6 Å². The summed E-state index contributed by atoms with van der Waals surface area (Å²) in [5.74, 6) is 2.19. The number of ether oxygens (including phenoxy) is 1. The zero-order valence-corrected chi connectivity index (χ0v) is 12.7. The van der Waals surface area contributed by atoms with Gasteiger partial charge in [-0.1, -0.05) is 30.7 Å². The maximum absolute atomic E-state index is 5.85. The molecule has 2 nitrogen and oxygen atoms in total. The van der Waals surface area contributed by atoms with E-state index in [1.54, 1.807) is 0 Å². The van der Waals surface area contributed by atoms with Crippen molar-refractivity contribution in [2.45, 2.75) is 19.3 Å². The topological polar surface area (TPSA) is 21.3 Å². The summed E-state index contributed by atoms with van der Waals surface area (Å²) in [5, 5.41) is 3.90. The SMILES string of the molecule is CNCCC(C)c1ccc(Oc2ccc(Cl)cc2)cc1. The van der Waals surface area contributed by atoms with Crippen molar-refractivity contribution in [2.75, 3.05) is 13.6 Å². The van der Waals surface area contributed by atoms with Gasteiger partial charge in [-0.3, -0.25) is 0 Å². The zero-order valence-electron chi connectivity index (χ0n) is 11.9. The molecule has 0 saturated carbocycles. The van der Waals surface area contributed by atoms with E-state index in [4.69, 9.17) is 16.3 Å². The molecule has 3 heteroatoms. The van der Waals surface area contributed by atoms with Crippen molar-refractivity contribution in [1.82, 2.24) is 5.32 Å². The second kappa shape index (κ2) is 7.32. The van der Waals surface area contributed by atoms with Crippen LogP contribution in [0, 0.1) is 0 Å². The Bertz CT molecular complexity index is 522. The van der Waals surface area contributed by atoms with Gasteiger partial charge < -0.3 is 10.1 Å². The molecular formula is C17H20ClNO. The Morgan fingerprint density at radius 1 is 1.00 bits per heavy atom. The smallest absolute Gasteiger partial charge is 0.127 e. The van der Waals surface area contributed by atoms with Crippen molar-refractivity contribution in [2.24, 2.45) is 0 Å². The van der Waals surface area contributed by atoms with Gasteiger partial charge in [-0.05, 0) is 67.9 Å². The summed E-state index contributed by atoms with van der Waals surface area (Å²) in [6.45, 7) is 3.27. The summed E-state index contributed by atoms with van der Waals surface area (Å²) in [7, 11) is 1.98. The molecule has 1 N–H and O–H groups in total. The normalized spacial score (nSPS) is 12.2. The van der Waals surface area contributed by atoms with Crippen LogP contribution in [0.3, 0.4) is 0 Å². The lowest BCUT2D eigenvalue weighted by Gasteiger charge is -2.12. The Morgan fingerprint density at radius 3 is 2.10 bits per heavy atom. The third kappa shape index (κ3) is 4.26. The van der Waals surface area contributed by atoms with Gasteiger partial charge in [0.1, 0.15) is 11.5 Å². The molecule has 2 rings (SSSR count). The van der Waals surface area contributed by atoms with Crippen LogP contribution in [0.1, 0.15) is 24.8 Å². The number of benzene rings is 2. The van der Waals surface area contributed by atoms with E-state index in [9.17, 15) is 0 Å². The van der Waals surface area contributed by atoms with Crippen molar-refractivity contribution in [1.29, 1.82) is 0 Å². The van der Waals surface area contributed by atoms with Gasteiger partial charge in [-0.2, -0.15) is 0 Å². The molecule has 0 radical (unpaired) electrons. The van der Waals surface area contributed by atoms with Gasteiger partial charge in [-0.25, -0.2) is 0 Å². The van der Waals surface area contributed by atoms with Crippen LogP contribution < -0.4 is 10.1 Å². The van der Waals surface area contributed by atoms with E-state index in [0.717, 1.165) is 24.5 Å². The minimum atomic E-state index is 0.548. The lowest BCUT2D eigenvalue weighted by molar-refractivity contribution is 0.482. The van der Waals surface area contributed by atoms with Gasteiger partial charge in [0.2, 0.25) is 0 Å². The Balaban J connectivity index is 1.99. The van der Waals surface area contributed by atoms with E-state index in [1.165, 1.54) is 5.56 Å². The molecule has 0 saturated heterocycles. The largest absolute Gasteiger partial charge is 0.457 e. The predicted molar refractivity (Wildman–Crippen MR) is 84.9 cm³/mol. The summed E-state index contributed by atoms with van der Waals surface area (Å²) < 4.78 is 5.78. The van der Waals surface area contributed by atoms with Crippen LogP contribution in [0.4, 0.5) is 0 Å². The Morgan fingerprint density at radius 2 is 1.55 bits per heavy atom. The maximum atomic E-state index is 5.85. The second-order valence-corrected chi connectivity index (χ2v) is 5.35. The number of rotatable bonds is 6. The maximum Gasteiger partial charge on any atom is 0.127 e. The molecule has 0 bridgehead atoms. The zero-order chi connectivity index (χ0) is 14.4. The Hall–Kier alpha value is -1.51. The Labute approximate surface area is 125 Å². The highest BCUT2D eigenvalue weighted by Crippen LogP contribution is 2.26. The molecule has 0 aliphatic heterocycles. The highest BCUT2D eigenvalue weighted by Gasteiger charge is 2.05. The standard InChI is InChI=1S/C17H20ClNO/c1-13(11-12-19-2)14-3-7-16(8-4-14)20-17-9-5-15(18)6-10-17/h3-10,13,19H,11-12H2,1-2H3. The molecule has 20 heavy (non-hydrogen) atoms. The molecule has 2 aromatic rings. The molecule has 0 heterocycles. The number of hydrogen-bond acceptors (Lipinski definition) is 2. The minimum Gasteiger partial charge on any atom is -0.457 e. The molecule has 0 amide bonds. The first-order chi connectivity index (χ1) is 9.69. The van der Waals surface area contributed by atoms with Crippen molar-refractivity contribution >= 4 is 11.6 Å². The molecular weight excluding hydrogens is 270 g/mol. The fraction of sp³-hybridized carbons (Fsp3) is 0.294. The first kappa shape index (κ1) is 14.9. The molecule has 0 aliphatic carbocycles. The Kier molecular flexibility index (Phi) is 5.45. The van der Waals surface area contributed by atoms with E-state index in [2.05, 4.69) is 24.4 Å². The molecule has 0 aromatic heterocycles. The minimum absolute atomic E-state index is 0.548. The van der Waals surface area contributed by atoms with Crippen LogP contribution in [0.5, 0.6) is 11.5 Å². The van der Waals surface area contributed by atoms with E-state index in [0.29, 0.717) is 10.9 Å². The van der Waals surface area contributed by atoms with E-state index >= 15 is 0 Å². The molecule has 0 spiro atoms. The summed E-state index contributed by atoms with van der Waals surface area (Å²) in [6.07, 6.45) is 1.13. The number of halogens is 1. The third-order valence-corrected chi connectivity index (χ3v) is 3.58. The van der Waals surface area contributed by atoms with Crippen LogP contribution in [-0.2, 0) is 0 Å². The third-order valence-electron chi connectivity index (χ3n) is 3.33. The molecule has 2 aromatic carbocycles. The van der Waals surface area contributed by atoms with E-state index in [1.807, 2.05) is 43.4 Å². The molecule has 0 aliphatic rings. The fourth-order valence-corrected chi connectivity index (χ4v) is 2.16. The summed E-state index contributed by atoms with van der Waals surface area (Å²) in [6, 6.07) is 15.7. The summed E-state index contributed by atoms with van der Waals surface area (Å²) in [5.41, 5.74) is 1.34. The fourth-order valence-electron chi connectivity index (χ4n) is 2.03. The summed E-state index contributed by atoms with van der Waals surface area (Å²) in [4.78, 5) is 0. The second-order valence-electron chi connectivity index (χ2n) is 4.92. The lowest BCUT2D eigenvalue weighted by atomic mass is 9.98. The van der Waals surface area contributed by atoms with Crippen molar-refractivity contribution in [3.05, 3.63) is 59.1 Å². The quantitative estimate of drug-likeness (QED) is 0.821. The van der Waals surface area contributed by atoms with Gasteiger partial charge in [0.25, 0.3) is 0 Å². The first-order valence-corrected chi connectivity index (χ1v) is 7.25. The highest BCUT2D eigenvalue weighted by atomic mass is 35.5. The average molecular weight is 290 g/mol. The van der Waals surface area contributed by atoms with Crippen LogP contribution in [0.2, 0.25) is 5.02 Å². The van der Waals surface area contributed by atoms with Gasteiger partial charge in [0.05, 0.1) is 0 Å². The molecule has 1 atom stereocenters. The molecule has 1 unspecified atom stereocenters.